The lowest BCUT2D eigenvalue weighted by Crippen LogP contribution is -2.24. The van der Waals surface area contributed by atoms with Gasteiger partial charge in [-0.3, -0.25) is 5.32 Å². The first kappa shape index (κ1) is 10.8. The van der Waals surface area contributed by atoms with Crippen LogP contribution in [0.25, 0.3) is 0 Å². The summed E-state index contributed by atoms with van der Waals surface area (Å²) in [5, 5.41) is 12.3. The molecule has 0 aromatic heterocycles. The van der Waals surface area contributed by atoms with Crippen LogP contribution in [0.4, 0.5) is 0 Å². The average Bonchev–Trinajstić information content (AvgIpc) is 2.26. The highest BCUT2D eigenvalue weighted by Gasteiger charge is 2.06. The van der Waals surface area contributed by atoms with Crippen LogP contribution >= 0.6 is 0 Å². The minimum Gasteiger partial charge on any atom is -0.394 e. The zero-order chi connectivity index (χ0) is 10.2. The molecule has 0 aliphatic carbocycles. The summed E-state index contributed by atoms with van der Waals surface area (Å²) in [6, 6.07) is 9.86. The van der Waals surface area contributed by atoms with Crippen molar-refractivity contribution in [2.75, 3.05) is 13.2 Å². The second kappa shape index (κ2) is 6.20. The number of benzene rings is 1. The van der Waals surface area contributed by atoms with Crippen molar-refractivity contribution in [3.8, 4) is 11.8 Å². The molecule has 1 atom stereocenters. The highest BCUT2D eigenvalue weighted by atomic mass is 16.3. The lowest BCUT2D eigenvalue weighted by Gasteiger charge is -2.14. The van der Waals surface area contributed by atoms with Crippen molar-refractivity contribution in [3.63, 3.8) is 0 Å². The summed E-state index contributed by atoms with van der Waals surface area (Å²) in [5.41, 5.74) is 1.09. The summed E-state index contributed by atoms with van der Waals surface area (Å²) in [6.45, 7) is 2.50. The van der Waals surface area contributed by atoms with Gasteiger partial charge in [0.25, 0.3) is 0 Å². The molecule has 2 nitrogen and oxygen atoms in total. The monoisotopic (exact) mass is 189 g/mol. The van der Waals surface area contributed by atoms with E-state index in [1.165, 1.54) is 0 Å². The Morgan fingerprint density at radius 2 is 2.07 bits per heavy atom. The molecule has 2 N–H and O–H groups in total. The van der Waals surface area contributed by atoms with E-state index in [4.69, 9.17) is 5.11 Å². The van der Waals surface area contributed by atoms with Crippen molar-refractivity contribution < 1.29 is 5.11 Å². The molecule has 0 aliphatic rings. The largest absolute Gasteiger partial charge is 0.394 e. The maximum Gasteiger partial charge on any atom is 0.0626 e. The third kappa shape index (κ3) is 3.21. The Hall–Kier alpha value is -1.30. The van der Waals surface area contributed by atoms with Crippen LogP contribution in [0, 0.1) is 11.8 Å². The van der Waals surface area contributed by atoms with E-state index in [1.54, 1.807) is 6.92 Å². The van der Waals surface area contributed by atoms with E-state index in [2.05, 4.69) is 17.2 Å². The first-order valence-corrected chi connectivity index (χ1v) is 4.67. The van der Waals surface area contributed by atoms with Gasteiger partial charge in [0, 0.05) is 0 Å². The molecule has 0 amide bonds. The highest BCUT2D eigenvalue weighted by molar-refractivity contribution is 5.19. The van der Waals surface area contributed by atoms with Gasteiger partial charge in [0.1, 0.15) is 0 Å². The number of rotatable bonds is 4. The molecule has 1 unspecified atom stereocenters. The Kier molecular flexibility index (Phi) is 4.77. The van der Waals surface area contributed by atoms with Crippen LogP contribution in [-0.4, -0.2) is 18.3 Å². The second-order valence-electron chi connectivity index (χ2n) is 2.95. The summed E-state index contributed by atoms with van der Waals surface area (Å²) in [4.78, 5) is 0. The topological polar surface area (TPSA) is 32.3 Å². The maximum atomic E-state index is 9.17. The first-order chi connectivity index (χ1) is 6.88. The van der Waals surface area contributed by atoms with E-state index in [0.717, 1.165) is 5.56 Å². The smallest absolute Gasteiger partial charge is 0.0626 e. The van der Waals surface area contributed by atoms with Crippen LogP contribution < -0.4 is 5.32 Å². The third-order valence-corrected chi connectivity index (χ3v) is 2.00. The molecule has 0 saturated heterocycles. The van der Waals surface area contributed by atoms with Crippen molar-refractivity contribution in [1.82, 2.24) is 5.32 Å². The molecule has 0 spiro atoms. The van der Waals surface area contributed by atoms with Gasteiger partial charge in [0.2, 0.25) is 0 Å². The summed E-state index contributed by atoms with van der Waals surface area (Å²) in [5.74, 6) is 5.72. The lowest BCUT2D eigenvalue weighted by atomic mass is 10.1. The molecular weight excluding hydrogens is 174 g/mol. The van der Waals surface area contributed by atoms with Gasteiger partial charge in [0.15, 0.2) is 0 Å². The van der Waals surface area contributed by atoms with E-state index in [-0.39, 0.29) is 12.6 Å². The highest BCUT2D eigenvalue weighted by Crippen LogP contribution is 2.10. The average molecular weight is 189 g/mol. The summed E-state index contributed by atoms with van der Waals surface area (Å²) in [7, 11) is 0. The molecule has 74 valence electrons. The van der Waals surface area contributed by atoms with E-state index in [9.17, 15) is 0 Å². The minimum absolute atomic E-state index is 0.0166. The van der Waals surface area contributed by atoms with Crippen LogP contribution in [-0.2, 0) is 0 Å². The predicted octanol–water partition coefficient (Wildman–Crippen LogP) is 1.33. The maximum absolute atomic E-state index is 9.17. The number of nitrogens with one attached hydrogen (secondary N) is 1. The van der Waals surface area contributed by atoms with E-state index >= 15 is 0 Å². The van der Waals surface area contributed by atoms with E-state index in [1.807, 2.05) is 30.3 Å². The molecule has 1 rings (SSSR count). The number of hydrogen-bond acceptors (Lipinski definition) is 2. The van der Waals surface area contributed by atoms with Gasteiger partial charge in [0.05, 0.1) is 19.2 Å². The van der Waals surface area contributed by atoms with Gasteiger partial charge < -0.3 is 5.11 Å². The van der Waals surface area contributed by atoms with Crippen LogP contribution in [0.15, 0.2) is 30.3 Å². The zero-order valence-corrected chi connectivity index (χ0v) is 8.33. The Balaban J connectivity index is 2.57. The van der Waals surface area contributed by atoms with Crippen molar-refractivity contribution in [2.45, 2.75) is 13.0 Å². The van der Waals surface area contributed by atoms with Crippen molar-refractivity contribution >= 4 is 0 Å². The zero-order valence-electron chi connectivity index (χ0n) is 8.33. The number of aliphatic hydroxyl groups is 1. The van der Waals surface area contributed by atoms with Crippen molar-refractivity contribution in [2.24, 2.45) is 0 Å². The molecular formula is C12H15NO. The van der Waals surface area contributed by atoms with Gasteiger partial charge in [-0.05, 0) is 12.5 Å². The van der Waals surface area contributed by atoms with Crippen LogP contribution in [0.5, 0.6) is 0 Å². The Morgan fingerprint density at radius 3 is 2.64 bits per heavy atom. The van der Waals surface area contributed by atoms with Gasteiger partial charge in [-0.1, -0.05) is 36.3 Å². The fourth-order valence-electron chi connectivity index (χ4n) is 1.24. The fourth-order valence-corrected chi connectivity index (χ4v) is 1.24. The number of hydrogen-bond donors (Lipinski definition) is 2. The standard InChI is InChI=1S/C12H15NO/c1-2-3-9-13-12(10-14)11-7-5-4-6-8-11/h4-8,12-14H,9-10H2,1H3. The van der Waals surface area contributed by atoms with Gasteiger partial charge in [-0.15, -0.1) is 5.92 Å². The quantitative estimate of drug-likeness (QED) is 0.700. The van der Waals surface area contributed by atoms with Crippen LogP contribution in [0.1, 0.15) is 18.5 Å². The fraction of sp³-hybridized carbons (Fsp3) is 0.333. The molecule has 0 aliphatic heterocycles. The molecule has 0 saturated carbocycles. The number of aliphatic hydroxyl groups excluding tert-OH is 1. The molecule has 1 aromatic carbocycles. The molecule has 0 heterocycles. The van der Waals surface area contributed by atoms with Gasteiger partial charge >= 0.3 is 0 Å². The molecule has 0 radical (unpaired) electrons. The molecule has 14 heavy (non-hydrogen) atoms. The van der Waals surface area contributed by atoms with Crippen LogP contribution in [0.3, 0.4) is 0 Å². The molecule has 1 aromatic rings. The second-order valence-corrected chi connectivity index (χ2v) is 2.95. The third-order valence-electron chi connectivity index (χ3n) is 2.00. The molecule has 2 heteroatoms. The van der Waals surface area contributed by atoms with Gasteiger partial charge in [-0.2, -0.15) is 0 Å². The molecule has 0 bridgehead atoms. The van der Waals surface area contributed by atoms with E-state index in [0.29, 0.717) is 6.54 Å². The lowest BCUT2D eigenvalue weighted by molar-refractivity contribution is 0.248. The van der Waals surface area contributed by atoms with Gasteiger partial charge in [-0.25, -0.2) is 0 Å². The Labute approximate surface area is 85.0 Å². The molecule has 0 fully saturated rings. The van der Waals surface area contributed by atoms with Crippen molar-refractivity contribution in [3.05, 3.63) is 35.9 Å². The Bertz CT molecular complexity index is 310. The predicted molar refractivity (Wildman–Crippen MR) is 57.7 cm³/mol. The van der Waals surface area contributed by atoms with Crippen LogP contribution in [0.2, 0.25) is 0 Å². The van der Waals surface area contributed by atoms with E-state index < -0.39 is 0 Å². The normalized spacial score (nSPS) is 11.6. The minimum atomic E-state index is -0.0166. The summed E-state index contributed by atoms with van der Waals surface area (Å²) in [6.07, 6.45) is 0. The van der Waals surface area contributed by atoms with Crippen molar-refractivity contribution in [1.29, 1.82) is 0 Å². The summed E-state index contributed by atoms with van der Waals surface area (Å²) < 4.78 is 0. The first-order valence-electron chi connectivity index (χ1n) is 4.67. The Morgan fingerprint density at radius 1 is 1.36 bits per heavy atom. The summed E-state index contributed by atoms with van der Waals surface area (Å²) >= 11 is 0. The SMILES string of the molecule is CC#CCNC(CO)c1ccccc1.